The van der Waals surface area contributed by atoms with Crippen LogP contribution in [0.5, 0.6) is 0 Å². The van der Waals surface area contributed by atoms with Gasteiger partial charge in [-0.05, 0) is 32.5 Å². The van der Waals surface area contributed by atoms with E-state index >= 15 is 0 Å². The normalized spacial score (nSPS) is 17.0. The van der Waals surface area contributed by atoms with Crippen LogP contribution in [0, 0.1) is 6.92 Å². The molecule has 0 amide bonds. The van der Waals surface area contributed by atoms with Gasteiger partial charge in [-0.1, -0.05) is 18.2 Å². The van der Waals surface area contributed by atoms with Gasteiger partial charge in [-0.15, -0.1) is 0 Å². The summed E-state index contributed by atoms with van der Waals surface area (Å²) in [6.45, 7) is 8.59. The van der Waals surface area contributed by atoms with Crippen LogP contribution in [0.4, 0.5) is 5.69 Å². The number of aryl methyl sites for hydroxylation is 1. The number of hydrogen-bond donors (Lipinski definition) is 2. The van der Waals surface area contributed by atoms with Crippen molar-refractivity contribution in [2.24, 2.45) is 5.73 Å². The Bertz CT molecular complexity index is 567. The average molecular weight is 272 g/mol. The summed E-state index contributed by atoms with van der Waals surface area (Å²) in [5.41, 5.74) is 9.50. The Balaban J connectivity index is 1.75. The molecule has 1 aliphatic rings. The van der Waals surface area contributed by atoms with Gasteiger partial charge < -0.3 is 15.6 Å². The van der Waals surface area contributed by atoms with Crippen molar-refractivity contribution in [2.75, 3.05) is 44.2 Å². The SMILES string of the molecule is Cc1[nH]c2ccccc2c1N1CCN(CCCN)CC1. The maximum Gasteiger partial charge on any atom is 0.0655 e. The van der Waals surface area contributed by atoms with E-state index in [0.717, 1.165) is 45.7 Å². The predicted octanol–water partition coefficient (Wildman–Crippen LogP) is 1.95. The summed E-state index contributed by atoms with van der Waals surface area (Å²) < 4.78 is 0. The lowest BCUT2D eigenvalue weighted by molar-refractivity contribution is 0.256. The Labute approximate surface area is 120 Å². The van der Waals surface area contributed by atoms with Crippen molar-refractivity contribution < 1.29 is 0 Å². The van der Waals surface area contributed by atoms with Crippen molar-refractivity contribution in [1.82, 2.24) is 9.88 Å². The average Bonchev–Trinajstić information content (AvgIpc) is 2.81. The van der Waals surface area contributed by atoms with Gasteiger partial charge in [-0.3, -0.25) is 4.90 Å². The van der Waals surface area contributed by atoms with Gasteiger partial charge in [0.05, 0.1) is 5.69 Å². The number of aromatic nitrogens is 1. The van der Waals surface area contributed by atoms with Crippen LogP contribution >= 0.6 is 0 Å². The summed E-state index contributed by atoms with van der Waals surface area (Å²) >= 11 is 0. The smallest absolute Gasteiger partial charge is 0.0655 e. The standard InChI is InChI=1S/C16H24N4/c1-13-16(14-5-2-3-6-15(14)18-13)20-11-9-19(10-12-20)8-4-7-17/h2-3,5-6,18H,4,7-12,17H2,1H3. The van der Waals surface area contributed by atoms with E-state index in [2.05, 4.69) is 46.0 Å². The highest BCUT2D eigenvalue weighted by atomic mass is 15.3. The number of nitrogens with two attached hydrogens (primary N) is 1. The molecule has 1 saturated heterocycles. The van der Waals surface area contributed by atoms with Crippen LogP contribution in [-0.4, -0.2) is 49.2 Å². The molecule has 20 heavy (non-hydrogen) atoms. The first-order valence-electron chi connectivity index (χ1n) is 7.54. The lowest BCUT2D eigenvalue weighted by Crippen LogP contribution is -2.47. The second kappa shape index (κ2) is 5.85. The van der Waals surface area contributed by atoms with E-state index in [9.17, 15) is 0 Å². The molecule has 3 rings (SSSR count). The maximum atomic E-state index is 5.59. The van der Waals surface area contributed by atoms with Crippen molar-refractivity contribution >= 4 is 16.6 Å². The van der Waals surface area contributed by atoms with Gasteiger partial charge in [-0.25, -0.2) is 0 Å². The molecule has 1 aliphatic heterocycles. The molecule has 108 valence electrons. The minimum Gasteiger partial charge on any atom is -0.367 e. The van der Waals surface area contributed by atoms with Crippen LogP contribution in [-0.2, 0) is 0 Å². The fraction of sp³-hybridized carbons (Fsp3) is 0.500. The van der Waals surface area contributed by atoms with Gasteiger partial charge >= 0.3 is 0 Å². The van der Waals surface area contributed by atoms with E-state index in [1.807, 2.05) is 0 Å². The van der Waals surface area contributed by atoms with E-state index in [1.165, 1.54) is 22.3 Å². The van der Waals surface area contributed by atoms with E-state index in [-0.39, 0.29) is 0 Å². The lowest BCUT2D eigenvalue weighted by Gasteiger charge is -2.36. The molecule has 2 aromatic rings. The highest BCUT2D eigenvalue weighted by Crippen LogP contribution is 2.31. The Morgan fingerprint density at radius 1 is 1.15 bits per heavy atom. The third kappa shape index (κ3) is 2.53. The number of piperazine rings is 1. The highest BCUT2D eigenvalue weighted by molar-refractivity contribution is 5.94. The molecule has 0 radical (unpaired) electrons. The van der Waals surface area contributed by atoms with Gasteiger partial charge in [0, 0.05) is 42.8 Å². The number of fused-ring (bicyclic) bond motifs is 1. The van der Waals surface area contributed by atoms with E-state index in [0.29, 0.717) is 0 Å². The number of nitrogens with zero attached hydrogens (tertiary/aromatic N) is 2. The topological polar surface area (TPSA) is 48.3 Å². The summed E-state index contributed by atoms with van der Waals surface area (Å²) in [4.78, 5) is 8.54. The molecule has 0 saturated carbocycles. The monoisotopic (exact) mass is 272 g/mol. The summed E-state index contributed by atoms with van der Waals surface area (Å²) in [5, 5.41) is 1.35. The van der Waals surface area contributed by atoms with Gasteiger partial charge in [0.15, 0.2) is 0 Å². The van der Waals surface area contributed by atoms with Crippen LogP contribution in [0.15, 0.2) is 24.3 Å². The Hall–Kier alpha value is -1.52. The molecule has 1 aromatic heterocycles. The molecule has 4 nitrogen and oxygen atoms in total. The molecular weight excluding hydrogens is 248 g/mol. The number of hydrogen-bond acceptors (Lipinski definition) is 3. The number of aromatic amines is 1. The molecular formula is C16H24N4. The van der Waals surface area contributed by atoms with E-state index in [1.54, 1.807) is 0 Å². The number of nitrogens with one attached hydrogen (secondary N) is 1. The van der Waals surface area contributed by atoms with Crippen LogP contribution in [0.2, 0.25) is 0 Å². The number of rotatable bonds is 4. The van der Waals surface area contributed by atoms with Gasteiger partial charge in [-0.2, -0.15) is 0 Å². The second-order valence-electron chi connectivity index (χ2n) is 5.62. The zero-order valence-electron chi connectivity index (χ0n) is 12.2. The van der Waals surface area contributed by atoms with Crippen molar-refractivity contribution in [1.29, 1.82) is 0 Å². The number of H-pyrrole nitrogens is 1. The minimum atomic E-state index is 0.793. The van der Waals surface area contributed by atoms with Crippen LogP contribution in [0.3, 0.4) is 0 Å². The van der Waals surface area contributed by atoms with Crippen LogP contribution in [0.1, 0.15) is 12.1 Å². The molecule has 2 heterocycles. The van der Waals surface area contributed by atoms with Gasteiger partial charge in [0.25, 0.3) is 0 Å². The molecule has 0 aliphatic carbocycles. The Morgan fingerprint density at radius 3 is 2.65 bits per heavy atom. The van der Waals surface area contributed by atoms with Crippen molar-refractivity contribution in [3.8, 4) is 0 Å². The molecule has 0 spiro atoms. The fourth-order valence-electron chi connectivity index (χ4n) is 3.18. The highest BCUT2D eigenvalue weighted by Gasteiger charge is 2.20. The number of benzene rings is 1. The fourth-order valence-corrected chi connectivity index (χ4v) is 3.18. The lowest BCUT2D eigenvalue weighted by atomic mass is 10.2. The minimum absolute atomic E-state index is 0.793. The Kier molecular flexibility index (Phi) is 3.94. The number of anilines is 1. The van der Waals surface area contributed by atoms with E-state index in [4.69, 9.17) is 5.73 Å². The predicted molar refractivity (Wildman–Crippen MR) is 85.4 cm³/mol. The third-order valence-corrected chi connectivity index (χ3v) is 4.23. The Morgan fingerprint density at radius 2 is 1.90 bits per heavy atom. The van der Waals surface area contributed by atoms with Gasteiger partial charge in [0.1, 0.15) is 0 Å². The third-order valence-electron chi connectivity index (χ3n) is 4.23. The first kappa shape index (κ1) is 13.5. The summed E-state index contributed by atoms with van der Waals surface area (Å²) in [6, 6.07) is 8.59. The molecule has 3 N–H and O–H groups in total. The first-order valence-corrected chi connectivity index (χ1v) is 7.54. The summed E-state index contributed by atoms with van der Waals surface area (Å²) in [7, 11) is 0. The zero-order chi connectivity index (χ0) is 13.9. The molecule has 1 aromatic carbocycles. The van der Waals surface area contributed by atoms with E-state index < -0.39 is 0 Å². The van der Waals surface area contributed by atoms with Crippen LogP contribution in [0.25, 0.3) is 10.9 Å². The molecule has 0 unspecified atom stereocenters. The maximum absolute atomic E-state index is 5.59. The van der Waals surface area contributed by atoms with Crippen molar-refractivity contribution in [2.45, 2.75) is 13.3 Å². The molecule has 0 bridgehead atoms. The van der Waals surface area contributed by atoms with Crippen molar-refractivity contribution in [3.05, 3.63) is 30.0 Å². The number of para-hydroxylation sites is 1. The summed E-state index contributed by atoms with van der Waals surface area (Å²) in [5.74, 6) is 0. The van der Waals surface area contributed by atoms with Crippen molar-refractivity contribution in [3.63, 3.8) is 0 Å². The van der Waals surface area contributed by atoms with Crippen LogP contribution < -0.4 is 10.6 Å². The second-order valence-corrected chi connectivity index (χ2v) is 5.62. The molecule has 1 fully saturated rings. The first-order chi connectivity index (χ1) is 9.79. The molecule has 4 heteroatoms. The quantitative estimate of drug-likeness (QED) is 0.894. The zero-order valence-corrected chi connectivity index (χ0v) is 12.2. The summed E-state index contributed by atoms with van der Waals surface area (Å²) in [6.07, 6.45) is 1.10. The molecule has 0 atom stereocenters. The largest absolute Gasteiger partial charge is 0.367 e. The van der Waals surface area contributed by atoms with Gasteiger partial charge in [0.2, 0.25) is 0 Å².